The molecule has 0 aliphatic rings. The first-order valence-corrected chi connectivity index (χ1v) is 10.5. The SMILES string of the molecule is COC(=O)c1ccc(-c2cnc3c(NCCC(F)(F)F)cc(Oc4ccccc4)cn23)cc1C. The summed E-state index contributed by atoms with van der Waals surface area (Å²) in [7, 11) is 1.32. The molecule has 0 atom stereocenters. The zero-order chi connectivity index (χ0) is 24.3. The zero-order valence-electron chi connectivity index (χ0n) is 18.5. The van der Waals surface area contributed by atoms with Gasteiger partial charge in [0, 0.05) is 18.2 Å². The molecule has 4 rings (SSSR count). The number of alkyl halides is 3. The van der Waals surface area contributed by atoms with Crippen molar-refractivity contribution in [2.24, 2.45) is 0 Å². The number of nitrogens with zero attached hydrogens (tertiary/aromatic N) is 2. The smallest absolute Gasteiger partial charge is 0.390 e. The highest BCUT2D eigenvalue weighted by Crippen LogP contribution is 2.32. The Labute approximate surface area is 194 Å². The third kappa shape index (κ3) is 5.14. The lowest BCUT2D eigenvalue weighted by molar-refractivity contribution is -0.131. The number of carbonyl (C=O) groups is 1. The second-order valence-electron chi connectivity index (χ2n) is 7.65. The van der Waals surface area contributed by atoms with E-state index >= 15 is 0 Å². The van der Waals surface area contributed by atoms with Gasteiger partial charge in [-0.05, 0) is 36.8 Å². The van der Waals surface area contributed by atoms with Crippen molar-refractivity contribution in [1.29, 1.82) is 0 Å². The van der Waals surface area contributed by atoms with Gasteiger partial charge in [0.05, 0.1) is 42.9 Å². The van der Waals surface area contributed by atoms with Gasteiger partial charge >= 0.3 is 12.1 Å². The summed E-state index contributed by atoms with van der Waals surface area (Å²) in [5, 5.41) is 2.83. The number of methoxy groups -OCH3 is 1. The summed E-state index contributed by atoms with van der Waals surface area (Å²) < 4.78 is 50.6. The van der Waals surface area contributed by atoms with E-state index < -0.39 is 18.6 Å². The Kier molecular flexibility index (Phi) is 6.45. The van der Waals surface area contributed by atoms with Crippen molar-refractivity contribution in [2.75, 3.05) is 19.0 Å². The first-order chi connectivity index (χ1) is 16.2. The van der Waals surface area contributed by atoms with Crippen LogP contribution in [0.15, 0.2) is 67.0 Å². The molecule has 4 aromatic rings. The fraction of sp³-hybridized carbons (Fsp3) is 0.200. The van der Waals surface area contributed by atoms with Crippen LogP contribution in [0, 0.1) is 6.92 Å². The van der Waals surface area contributed by atoms with Gasteiger partial charge in [0.25, 0.3) is 0 Å². The number of esters is 1. The normalized spacial score (nSPS) is 11.4. The molecule has 0 saturated heterocycles. The molecule has 6 nitrogen and oxygen atoms in total. The van der Waals surface area contributed by atoms with Gasteiger partial charge in [0.1, 0.15) is 11.5 Å². The van der Waals surface area contributed by atoms with Gasteiger partial charge < -0.3 is 14.8 Å². The first kappa shape index (κ1) is 23.2. The second-order valence-corrected chi connectivity index (χ2v) is 7.65. The molecule has 0 aliphatic heterocycles. The van der Waals surface area contributed by atoms with E-state index in [1.165, 1.54) is 7.11 Å². The van der Waals surface area contributed by atoms with Crippen LogP contribution in [0.2, 0.25) is 0 Å². The average Bonchev–Trinajstić information content (AvgIpc) is 3.22. The molecule has 2 aromatic carbocycles. The molecular formula is C25H22F3N3O3. The summed E-state index contributed by atoms with van der Waals surface area (Å²) in [4.78, 5) is 16.4. The van der Waals surface area contributed by atoms with Crippen LogP contribution in [-0.4, -0.2) is 35.2 Å². The van der Waals surface area contributed by atoms with Crippen LogP contribution < -0.4 is 10.1 Å². The third-order valence-electron chi connectivity index (χ3n) is 5.21. The lowest BCUT2D eigenvalue weighted by Gasteiger charge is -2.14. The number of carbonyl (C=O) groups excluding carboxylic acids is 1. The number of benzene rings is 2. The topological polar surface area (TPSA) is 64.9 Å². The van der Waals surface area contributed by atoms with Crippen molar-refractivity contribution >= 4 is 17.3 Å². The Bertz CT molecular complexity index is 1320. The Morgan fingerprint density at radius 3 is 2.53 bits per heavy atom. The van der Waals surface area contributed by atoms with Crippen LogP contribution in [0.25, 0.3) is 16.9 Å². The van der Waals surface area contributed by atoms with Crippen LogP contribution in [0.3, 0.4) is 0 Å². The minimum Gasteiger partial charge on any atom is -0.465 e. The summed E-state index contributed by atoms with van der Waals surface area (Å²) in [6.07, 6.45) is -1.90. The predicted molar refractivity (Wildman–Crippen MR) is 122 cm³/mol. The Morgan fingerprint density at radius 2 is 1.85 bits per heavy atom. The fourth-order valence-corrected chi connectivity index (χ4v) is 3.59. The summed E-state index contributed by atoms with van der Waals surface area (Å²) in [5.74, 6) is 0.579. The highest BCUT2D eigenvalue weighted by Gasteiger charge is 2.26. The van der Waals surface area contributed by atoms with E-state index in [-0.39, 0.29) is 6.54 Å². The number of hydrogen-bond donors (Lipinski definition) is 1. The van der Waals surface area contributed by atoms with Gasteiger partial charge in [0.15, 0.2) is 5.65 Å². The quantitative estimate of drug-likeness (QED) is 0.324. The van der Waals surface area contributed by atoms with Gasteiger partial charge in [-0.2, -0.15) is 13.2 Å². The van der Waals surface area contributed by atoms with E-state index in [1.807, 2.05) is 24.3 Å². The number of imidazole rings is 1. The maximum Gasteiger partial charge on any atom is 0.390 e. The Morgan fingerprint density at radius 1 is 1.09 bits per heavy atom. The van der Waals surface area contributed by atoms with Crippen LogP contribution in [0.5, 0.6) is 11.5 Å². The van der Waals surface area contributed by atoms with E-state index in [0.717, 1.165) is 11.1 Å². The largest absolute Gasteiger partial charge is 0.465 e. The highest BCUT2D eigenvalue weighted by atomic mass is 19.4. The van der Waals surface area contributed by atoms with Crippen molar-refractivity contribution in [3.63, 3.8) is 0 Å². The molecule has 0 amide bonds. The van der Waals surface area contributed by atoms with Crippen molar-refractivity contribution in [3.05, 3.63) is 78.1 Å². The second kappa shape index (κ2) is 9.46. The molecule has 9 heteroatoms. The molecule has 0 unspecified atom stereocenters. The maximum atomic E-state index is 12.7. The zero-order valence-corrected chi connectivity index (χ0v) is 18.5. The monoisotopic (exact) mass is 469 g/mol. The van der Waals surface area contributed by atoms with Gasteiger partial charge in [-0.15, -0.1) is 0 Å². The van der Waals surface area contributed by atoms with E-state index in [0.29, 0.717) is 34.1 Å². The number of hydrogen-bond acceptors (Lipinski definition) is 5. The number of aromatic nitrogens is 2. The number of rotatable bonds is 7. The molecule has 2 aromatic heterocycles. The Balaban J connectivity index is 1.76. The van der Waals surface area contributed by atoms with Gasteiger partial charge in [0.2, 0.25) is 0 Å². The number of fused-ring (bicyclic) bond motifs is 1. The first-order valence-electron chi connectivity index (χ1n) is 10.5. The van der Waals surface area contributed by atoms with Crippen molar-refractivity contribution in [3.8, 4) is 22.8 Å². The number of anilines is 1. The number of pyridine rings is 1. The number of aryl methyl sites for hydroxylation is 1. The van der Waals surface area contributed by atoms with Crippen LogP contribution in [0.4, 0.5) is 18.9 Å². The van der Waals surface area contributed by atoms with E-state index in [2.05, 4.69) is 10.3 Å². The molecule has 0 spiro atoms. The number of halogens is 3. The summed E-state index contributed by atoms with van der Waals surface area (Å²) in [6.45, 7) is 1.50. The molecule has 34 heavy (non-hydrogen) atoms. The minimum atomic E-state index is -4.28. The molecule has 0 aliphatic carbocycles. The lowest BCUT2D eigenvalue weighted by atomic mass is 10.0. The van der Waals surface area contributed by atoms with Gasteiger partial charge in [-0.3, -0.25) is 4.40 Å². The highest BCUT2D eigenvalue weighted by molar-refractivity contribution is 5.91. The van der Waals surface area contributed by atoms with Crippen LogP contribution in [0.1, 0.15) is 22.3 Å². The number of nitrogens with one attached hydrogen (secondary N) is 1. The molecular weight excluding hydrogens is 447 g/mol. The summed E-state index contributed by atoms with van der Waals surface area (Å²) in [5.41, 5.74) is 3.49. The van der Waals surface area contributed by atoms with E-state index in [9.17, 15) is 18.0 Å². The standard InChI is InChI=1S/C25H22F3N3O3/c1-16-12-17(8-9-20(16)24(32)33-2)22-14-30-23-21(29-11-10-25(26,27)28)13-19(15-31(22)23)34-18-6-4-3-5-7-18/h3-9,12-15,29H,10-11H2,1-2H3. The minimum absolute atomic E-state index is 0.303. The molecule has 1 N–H and O–H groups in total. The number of ether oxygens (including phenoxy) is 2. The van der Waals surface area contributed by atoms with Gasteiger partial charge in [-0.25, -0.2) is 9.78 Å². The van der Waals surface area contributed by atoms with Crippen molar-refractivity contribution < 1.29 is 27.4 Å². The number of para-hydroxylation sites is 1. The van der Waals surface area contributed by atoms with E-state index in [1.54, 1.807) is 54.0 Å². The molecule has 0 radical (unpaired) electrons. The lowest BCUT2D eigenvalue weighted by Crippen LogP contribution is -2.15. The summed E-state index contributed by atoms with van der Waals surface area (Å²) >= 11 is 0. The summed E-state index contributed by atoms with van der Waals surface area (Å²) in [6, 6.07) is 16.0. The van der Waals surface area contributed by atoms with Crippen molar-refractivity contribution in [2.45, 2.75) is 19.5 Å². The molecule has 176 valence electrons. The van der Waals surface area contributed by atoms with Crippen molar-refractivity contribution in [1.82, 2.24) is 9.38 Å². The van der Waals surface area contributed by atoms with Crippen LogP contribution >= 0.6 is 0 Å². The maximum absolute atomic E-state index is 12.7. The predicted octanol–water partition coefficient (Wildman–Crippen LogP) is 6.25. The Hall–Kier alpha value is -4.01. The molecule has 0 bridgehead atoms. The average molecular weight is 469 g/mol. The fourth-order valence-electron chi connectivity index (χ4n) is 3.59. The van der Waals surface area contributed by atoms with E-state index in [4.69, 9.17) is 9.47 Å². The third-order valence-corrected chi connectivity index (χ3v) is 5.21. The molecule has 2 heterocycles. The van der Waals surface area contributed by atoms with Crippen LogP contribution in [-0.2, 0) is 4.74 Å². The molecule has 0 saturated carbocycles. The molecule has 0 fully saturated rings. The van der Waals surface area contributed by atoms with Gasteiger partial charge in [-0.1, -0.05) is 24.3 Å².